The number of benzene rings is 1. The summed E-state index contributed by atoms with van der Waals surface area (Å²) in [5.74, 6) is -0.337. The number of likely N-dealkylation sites (tertiary alicyclic amines) is 1. The van der Waals surface area contributed by atoms with Gasteiger partial charge in [-0.1, -0.05) is 37.3 Å². The first-order valence-electron chi connectivity index (χ1n) is 7.48. The smallest absolute Gasteiger partial charge is 0.243 e. The molecular weight excluding hydrogens is 266 g/mol. The number of hydrogen-bond acceptors (Lipinski definition) is 4. The van der Waals surface area contributed by atoms with E-state index >= 15 is 0 Å². The Labute approximate surface area is 126 Å². The fourth-order valence-electron chi connectivity index (χ4n) is 3.05. The van der Waals surface area contributed by atoms with Crippen LogP contribution in [0.4, 0.5) is 0 Å². The third-order valence-electron chi connectivity index (χ3n) is 4.19. The third-order valence-corrected chi connectivity index (χ3v) is 4.19. The first-order chi connectivity index (χ1) is 10.1. The minimum Gasteiger partial charge on any atom is -0.380 e. The number of nitrogens with two attached hydrogens (primary N) is 1. The van der Waals surface area contributed by atoms with Gasteiger partial charge in [-0.25, -0.2) is 0 Å². The average Bonchev–Trinajstić information content (AvgIpc) is 2.95. The van der Waals surface area contributed by atoms with Crippen molar-refractivity contribution in [2.75, 3.05) is 33.3 Å². The van der Waals surface area contributed by atoms with Crippen molar-refractivity contribution in [2.24, 2.45) is 5.73 Å². The normalized spacial score (nSPS) is 22.1. The second kappa shape index (κ2) is 7.02. The predicted octanol–water partition coefficient (Wildman–Crippen LogP) is 0.697. The lowest BCUT2D eigenvalue weighted by Crippen LogP contribution is -2.58. The van der Waals surface area contributed by atoms with Crippen LogP contribution in [-0.2, 0) is 15.1 Å². The molecule has 0 aliphatic carbocycles. The number of amides is 1. The van der Waals surface area contributed by atoms with Crippen molar-refractivity contribution in [3.05, 3.63) is 35.9 Å². The molecule has 1 aliphatic rings. The summed E-state index contributed by atoms with van der Waals surface area (Å²) >= 11 is 0. The van der Waals surface area contributed by atoms with Crippen molar-refractivity contribution in [3.63, 3.8) is 0 Å². The molecule has 1 aromatic rings. The topological polar surface area (TPSA) is 67.6 Å². The van der Waals surface area contributed by atoms with E-state index in [4.69, 9.17) is 10.5 Å². The zero-order valence-corrected chi connectivity index (χ0v) is 12.8. The van der Waals surface area contributed by atoms with E-state index in [-0.39, 0.29) is 12.0 Å². The van der Waals surface area contributed by atoms with Crippen LogP contribution < -0.4 is 11.1 Å². The Balaban J connectivity index is 2.25. The van der Waals surface area contributed by atoms with Crippen molar-refractivity contribution in [2.45, 2.75) is 25.0 Å². The number of ether oxygens (including phenoxy) is 1. The first kappa shape index (κ1) is 15.9. The van der Waals surface area contributed by atoms with E-state index in [1.54, 1.807) is 7.11 Å². The molecule has 0 bridgehead atoms. The van der Waals surface area contributed by atoms with Crippen molar-refractivity contribution < 1.29 is 9.53 Å². The molecule has 1 amide bonds. The van der Waals surface area contributed by atoms with E-state index < -0.39 is 5.54 Å². The molecule has 2 rings (SSSR count). The molecule has 5 heteroatoms. The molecule has 21 heavy (non-hydrogen) atoms. The Kier molecular flexibility index (Phi) is 5.33. The van der Waals surface area contributed by atoms with Crippen LogP contribution in [0.15, 0.2) is 30.3 Å². The number of carbonyl (C=O) groups excluding carboxylic acids is 1. The molecule has 0 aromatic heterocycles. The molecule has 1 heterocycles. The van der Waals surface area contributed by atoms with Crippen LogP contribution in [0, 0.1) is 0 Å². The summed E-state index contributed by atoms with van der Waals surface area (Å²) in [4.78, 5) is 14.5. The van der Waals surface area contributed by atoms with Gasteiger partial charge in [0.2, 0.25) is 5.91 Å². The van der Waals surface area contributed by atoms with Gasteiger partial charge in [0, 0.05) is 26.7 Å². The van der Waals surface area contributed by atoms with Gasteiger partial charge in [0.25, 0.3) is 0 Å². The first-order valence-corrected chi connectivity index (χ1v) is 7.48. The monoisotopic (exact) mass is 291 g/mol. The highest BCUT2D eigenvalue weighted by Gasteiger charge is 2.40. The van der Waals surface area contributed by atoms with Gasteiger partial charge in [-0.2, -0.15) is 0 Å². The number of primary amides is 1. The van der Waals surface area contributed by atoms with Crippen molar-refractivity contribution in [3.8, 4) is 0 Å². The van der Waals surface area contributed by atoms with Gasteiger partial charge in [-0.05, 0) is 18.5 Å². The molecule has 0 spiro atoms. The lowest BCUT2D eigenvalue weighted by atomic mass is 9.88. The van der Waals surface area contributed by atoms with Gasteiger partial charge >= 0.3 is 0 Å². The number of hydrogen-bond donors (Lipinski definition) is 2. The molecule has 1 aromatic carbocycles. The van der Waals surface area contributed by atoms with Gasteiger partial charge in [0.1, 0.15) is 5.54 Å². The van der Waals surface area contributed by atoms with Crippen molar-refractivity contribution >= 4 is 5.91 Å². The maximum atomic E-state index is 12.3. The Morgan fingerprint density at radius 2 is 2.19 bits per heavy atom. The number of likely N-dealkylation sites (N-methyl/N-ethyl adjacent to an activating group) is 1. The summed E-state index contributed by atoms with van der Waals surface area (Å²) in [5.41, 5.74) is 5.84. The lowest BCUT2D eigenvalue weighted by molar-refractivity contribution is -0.125. The van der Waals surface area contributed by atoms with E-state index in [0.717, 1.165) is 25.1 Å². The molecule has 1 saturated heterocycles. The third kappa shape index (κ3) is 3.43. The number of carbonyl (C=O) groups is 1. The number of rotatable bonds is 7. The molecule has 0 saturated carbocycles. The maximum Gasteiger partial charge on any atom is 0.243 e. The maximum absolute atomic E-state index is 12.3. The molecule has 2 unspecified atom stereocenters. The van der Waals surface area contributed by atoms with Crippen molar-refractivity contribution in [1.82, 2.24) is 10.2 Å². The highest BCUT2D eigenvalue weighted by atomic mass is 16.5. The molecule has 1 fully saturated rings. The van der Waals surface area contributed by atoms with Crippen LogP contribution in [-0.4, -0.2) is 50.2 Å². The van der Waals surface area contributed by atoms with Crippen LogP contribution in [0.25, 0.3) is 0 Å². The molecule has 2 atom stereocenters. The quantitative estimate of drug-likeness (QED) is 0.776. The SMILES string of the molecule is CCNC(CN1CCC(OC)C1)(C(N)=O)c1ccccc1. The molecule has 116 valence electrons. The summed E-state index contributed by atoms with van der Waals surface area (Å²) in [6.45, 7) is 5.00. The Morgan fingerprint density at radius 3 is 2.71 bits per heavy atom. The predicted molar refractivity (Wildman–Crippen MR) is 82.8 cm³/mol. The van der Waals surface area contributed by atoms with E-state index in [1.807, 2.05) is 37.3 Å². The number of nitrogens with zero attached hydrogens (tertiary/aromatic N) is 1. The van der Waals surface area contributed by atoms with Gasteiger partial charge in [0.05, 0.1) is 6.10 Å². The second-order valence-corrected chi connectivity index (χ2v) is 5.55. The summed E-state index contributed by atoms with van der Waals surface area (Å²) in [5, 5.41) is 3.31. The number of methoxy groups -OCH3 is 1. The van der Waals surface area contributed by atoms with Crippen LogP contribution >= 0.6 is 0 Å². The Hall–Kier alpha value is -1.43. The van der Waals surface area contributed by atoms with Gasteiger partial charge in [-0.3, -0.25) is 15.0 Å². The molecule has 0 radical (unpaired) electrons. The van der Waals surface area contributed by atoms with E-state index in [2.05, 4.69) is 10.2 Å². The number of nitrogens with one attached hydrogen (secondary N) is 1. The van der Waals surface area contributed by atoms with E-state index in [1.165, 1.54) is 0 Å². The summed E-state index contributed by atoms with van der Waals surface area (Å²) in [7, 11) is 1.73. The van der Waals surface area contributed by atoms with E-state index in [0.29, 0.717) is 13.1 Å². The minimum atomic E-state index is -0.849. The minimum absolute atomic E-state index is 0.243. The summed E-state index contributed by atoms with van der Waals surface area (Å²) < 4.78 is 5.40. The summed E-state index contributed by atoms with van der Waals surface area (Å²) in [6.07, 6.45) is 1.24. The highest BCUT2D eigenvalue weighted by molar-refractivity contribution is 5.86. The van der Waals surface area contributed by atoms with Crippen LogP contribution in [0.2, 0.25) is 0 Å². The lowest BCUT2D eigenvalue weighted by Gasteiger charge is -2.35. The Bertz CT molecular complexity index is 466. The van der Waals surface area contributed by atoms with Gasteiger partial charge in [-0.15, -0.1) is 0 Å². The highest BCUT2D eigenvalue weighted by Crippen LogP contribution is 2.25. The van der Waals surface area contributed by atoms with Crippen LogP contribution in [0.3, 0.4) is 0 Å². The Morgan fingerprint density at radius 1 is 1.48 bits per heavy atom. The molecule has 5 nitrogen and oxygen atoms in total. The molecule has 3 N–H and O–H groups in total. The standard InChI is InChI=1S/C16H25N3O2/c1-3-18-16(15(17)20,13-7-5-4-6-8-13)12-19-10-9-14(11-19)21-2/h4-8,14,18H,3,9-12H2,1-2H3,(H2,17,20). The zero-order chi connectivity index (χ0) is 15.3. The van der Waals surface area contributed by atoms with Crippen LogP contribution in [0.1, 0.15) is 18.9 Å². The van der Waals surface area contributed by atoms with Gasteiger partial charge in [0.15, 0.2) is 0 Å². The fraction of sp³-hybridized carbons (Fsp3) is 0.562. The average molecular weight is 291 g/mol. The van der Waals surface area contributed by atoms with Gasteiger partial charge < -0.3 is 10.5 Å². The fourth-order valence-corrected chi connectivity index (χ4v) is 3.05. The second-order valence-electron chi connectivity index (χ2n) is 5.55. The zero-order valence-electron chi connectivity index (χ0n) is 12.8. The largest absolute Gasteiger partial charge is 0.380 e. The summed E-state index contributed by atoms with van der Waals surface area (Å²) in [6, 6.07) is 9.73. The molecular formula is C16H25N3O2. The van der Waals surface area contributed by atoms with Crippen LogP contribution in [0.5, 0.6) is 0 Å². The van der Waals surface area contributed by atoms with Crippen molar-refractivity contribution in [1.29, 1.82) is 0 Å². The van der Waals surface area contributed by atoms with E-state index in [9.17, 15) is 4.79 Å². The molecule has 1 aliphatic heterocycles.